The van der Waals surface area contributed by atoms with Gasteiger partial charge in [0, 0.05) is 6.54 Å². The summed E-state index contributed by atoms with van der Waals surface area (Å²) >= 11 is 0. The first-order chi connectivity index (χ1) is 11.0. The number of nitrogens with one attached hydrogen (secondary N) is 1. The van der Waals surface area contributed by atoms with Gasteiger partial charge in [-0.3, -0.25) is 4.79 Å². The van der Waals surface area contributed by atoms with Gasteiger partial charge in [0.15, 0.2) is 11.5 Å². The van der Waals surface area contributed by atoms with Gasteiger partial charge in [-0.2, -0.15) is 0 Å². The van der Waals surface area contributed by atoms with Crippen LogP contribution in [0.25, 0.3) is 0 Å². The van der Waals surface area contributed by atoms with Crippen LogP contribution in [0.4, 0.5) is 0 Å². The van der Waals surface area contributed by atoms with Crippen molar-refractivity contribution in [2.75, 3.05) is 6.54 Å². The van der Waals surface area contributed by atoms with Crippen LogP contribution < -0.4 is 5.32 Å². The second-order valence-electron chi connectivity index (χ2n) is 7.32. The summed E-state index contributed by atoms with van der Waals surface area (Å²) in [6.07, 6.45) is 9.06. The molecule has 0 unspecified atom stereocenters. The van der Waals surface area contributed by atoms with Crippen molar-refractivity contribution < 1.29 is 9.53 Å². The molecule has 3 nitrogen and oxygen atoms in total. The summed E-state index contributed by atoms with van der Waals surface area (Å²) < 4.78 is 6.34. The van der Waals surface area contributed by atoms with Crippen LogP contribution in [0.1, 0.15) is 92.4 Å². The first-order valence-corrected chi connectivity index (χ1v) is 9.71. The summed E-state index contributed by atoms with van der Waals surface area (Å²) in [6, 6.07) is 0. The molecular formula is C20H37NO2. The van der Waals surface area contributed by atoms with Crippen LogP contribution in [0.3, 0.4) is 0 Å². The minimum Gasteiger partial charge on any atom is -0.464 e. The molecule has 1 heterocycles. The lowest BCUT2D eigenvalue weighted by atomic mass is 9.83. The molecule has 0 saturated carbocycles. The molecule has 0 aliphatic carbocycles. The lowest BCUT2D eigenvalue weighted by Gasteiger charge is -2.28. The zero-order valence-corrected chi connectivity index (χ0v) is 16.0. The van der Waals surface area contributed by atoms with Gasteiger partial charge in [-0.25, -0.2) is 0 Å². The van der Waals surface area contributed by atoms with Crippen LogP contribution in [-0.4, -0.2) is 17.9 Å². The molecule has 0 amide bonds. The van der Waals surface area contributed by atoms with E-state index in [1.54, 1.807) is 0 Å². The van der Waals surface area contributed by atoms with E-state index in [2.05, 4.69) is 39.9 Å². The van der Waals surface area contributed by atoms with Gasteiger partial charge in [-0.1, -0.05) is 53.9 Å². The Balaban J connectivity index is 2.96. The Morgan fingerprint density at radius 2 is 1.57 bits per heavy atom. The van der Waals surface area contributed by atoms with Gasteiger partial charge in [-0.15, -0.1) is 0 Å². The van der Waals surface area contributed by atoms with Crippen molar-refractivity contribution in [3.05, 3.63) is 11.5 Å². The van der Waals surface area contributed by atoms with E-state index in [0.717, 1.165) is 75.8 Å². The standard InChI is InChI=1S/C20H37NO2/c1-6-9-12-20(13-10-7-2)18(22)17(15-16(4)5)19(23-20)21-14-11-8-3/h16,21H,6-15H2,1-5H3. The molecule has 0 aromatic heterocycles. The predicted molar refractivity (Wildman–Crippen MR) is 97.3 cm³/mol. The number of hydrogen-bond donors (Lipinski definition) is 1. The Bertz CT molecular complexity index is 390. The molecule has 1 aliphatic rings. The first-order valence-electron chi connectivity index (χ1n) is 9.71. The van der Waals surface area contributed by atoms with Gasteiger partial charge in [0.2, 0.25) is 5.78 Å². The molecule has 0 spiro atoms. The maximum Gasteiger partial charge on any atom is 0.207 e. The van der Waals surface area contributed by atoms with E-state index in [1.165, 1.54) is 0 Å². The maximum atomic E-state index is 13.2. The second kappa shape index (κ2) is 10.00. The van der Waals surface area contributed by atoms with Crippen LogP contribution in [0.15, 0.2) is 11.5 Å². The van der Waals surface area contributed by atoms with Crippen LogP contribution in [0, 0.1) is 5.92 Å². The highest BCUT2D eigenvalue weighted by Crippen LogP contribution is 2.39. The molecule has 0 aromatic rings. The molecular weight excluding hydrogens is 286 g/mol. The molecule has 0 atom stereocenters. The first kappa shape index (κ1) is 20.1. The van der Waals surface area contributed by atoms with E-state index < -0.39 is 5.60 Å². The lowest BCUT2D eigenvalue weighted by Crippen LogP contribution is -2.38. The minimum absolute atomic E-state index is 0.257. The SMILES string of the molecule is CCCCNC1=C(CC(C)C)C(=O)C(CCCC)(CCCC)O1. The van der Waals surface area contributed by atoms with Crippen molar-refractivity contribution in [1.29, 1.82) is 0 Å². The third-order valence-corrected chi connectivity index (χ3v) is 4.56. The fourth-order valence-electron chi connectivity index (χ4n) is 3.18. The van der Waals surface area contributed by atoms with E-state index in [-0.39, 0.29) is 5.78 Å². The number of Topliss-reactive ketones (excluding diaryl/α,β-unsaturated/α-hetero) is 1. The van der Waals surface area contributed by atoms with Crippen molar-refractivity contribution in [1.82, 2.24) is 5.32 Å². The monoisotopic (exact) mass is 323 g/mol. The number of ether oxygens (including phenoxy) is 1. The third kappa shape index (κ3) is 5.54. The van der Waals surface area contributed by atoms with Crippen LogP contribution >= 0.6 is 0 Å². The molecule has 0 bridgehead atoms. The molecule has 0 fully saturated rings. The van der Waals surface area contributed by atoms with Gasteiger partial charge in [-0.05, 0) is 44.4 Å². The average molecular weight is 324 g/mol. The predicted octanol–water partition coefficient (Wildman–Crippen LogP) is 5.35. The van der Waals surface area contributed by atoms with Gasteiger partial charge in [0.05, 0.1) is 5.57 Å². The normalized spacial score (nSPS) is 17.0. The van der Waals surface area contributed by atoms with E-state index in [4.69, 9.17) is 4.74 Å². The molecule has 134 valence electrons. The quantitative estimate of drug-likeness (QED) is 0.492. The van der Waals surface area contributed by atoms with Crippen LogP contribution in [0.5, 0.6) is 0 Å². The molecule has 1 rings (SSSR count). The minimum atomic E-state index is -0.592. The average Bonchev–Trinajstić information content (AvgIpc) is 2.77. The highest BCUT2D eigenvalue weighted by atomic mass is 16.5. The second-order valence-corrected chi connectivity index (χ2v) is 7.32. The van der Waals surface area contributed by atoms with E-state index in [9.17, 15) is 4.79 Å². The number of carbonyl (C=O) groups is 1. The van der Waals surface area contributed by atoms with Crippen LogP contribution in [0.2, 0.25) is 0 Å². The summed E-state index contributed by atoms with van der Waals surface area (Å²) in [7, 11) is 0. The van der Waals surface area contributed by atoms with E-state index >= 15 is 0 Å². The molecule has 1 aliphatic heterocycles. The smallest absolute Gasteiger partial charge is 0.207 e. The number of carbonyl (C=O) groups excluding carboxylic acids is 1. The van der Waals surface area contributed by atoms with Crippen molar-refractivity contribution in [3.63, 3.8) is 0 Å². The number of rotatable bonds is 12. The zero-order valence-electron chi connectivity index (χ0n) is 16.0. The molecule has 0 saturated heterocycles. The highest BCUT2D eigenvalue weighted by molar-refractivity contribution is 6.04. The third-order valence-electron chi connectivity index (χ3n) is 4.56. The Morgan fingerprint density at radius 1 is 1.00 bits per heavy atom. The zero-order chi connectivity index (χ0) is 17.3. The van der Waals surface area contributed by atoms with E-state index in [0.29, 0.717) is 5.92 Å². The largest absolute Gasteiger partial charge is 0.464 e. The van der Waals surface area contributed by atoms with E-state index in [1.807, 2.05) is 0 Å². The summed E-state index contributed by atoms with van der Waals surface area (Å²) in [6.45, 7) is 11.8. The van der Waals surface area contributed by atoms with Crippen molar-refractivity contribution in [2.45, 2.75) is 98.0 Å². The molecule has 0 radical (unpaired) electrons. The topological polar surface area (TPSA) is 38.3 Å². The summed E-state index contributed by atoms with van der Waals surface area (Å²) in [5.74, 6) is 1.50. The molecule has 3 heteroatoms. The highest BCUT2D eigenvalue weighted by Gasteiger charge is 2.48. The number of unbranched alkanes of at least 4 members (excludes halogenated alkanes) is 3. The Labute approximate surface area is 143 Å². The summed E-state index contributed by atoms with van der Waals surface area (Å²) in [5, 5.41) is 3.41. The van der Waals surface area contributed by atoms with Gasteiger partial charge >= 0.3 is 0 Å². The summed E-state index contributed by atoms with van der Waals surface area (Å²) in [5.41, 5.74) is 0.313. The molecule has 23 heavy (non-hydrogen) atoms. The fourth-order valence-corrected chi connectivity index (χ4v) is 3.18. The number of ketones is 1. The van der Waals surface area contributed by atoms with Crippen molar-refractivity contribution >= 4 is 5.78 Å². The molecule has 0 aromatic carbocycles. The van der Waals surface area contributed by atoms with Crippen molar-refractivity contribution in [3.8, 4) is 0 Å². The van der Waals surface area contributed by atoms with Gasteiger partial charge in [0.25, 0.3) is 0 Å². The Morgan fingerprint density at radius 3 is 2.04 bits per heavy atom. The fraction of sp³-hybridized carbons (Fsp3) is 0.850. The van der Waals surface area contributed by atoms with Gasteiger partial charge < -0.3 is 10.1 Å². The van der Waals surface area contributed by atoms with Crippen LogP contribution in [-0.2, 0) is 9.53 Å². The number of hydrogen-bond acceptors (Lipinski definition) is 3. The molecule has 1 N–H and O–H groups in total. The van der Waals surface area contributed by atoms with Crippen molar-refractivity contribution in [2.24, 2.45) is 5.92 Å². The summed E-state index contributed by atoms with van der Waals surface area (Å²) in [4.78, 5) is 13.2. The Kier molecular flexibility index (Phi) is 8.72. The lowest BCUT2D eigenvalue weighted by molar-refractivity contribution is -0.133. The maximum absolute atomic E-state index is 13.2. The Hall–Kier alpha value is -0.990. The van der Waals surface area contributed by atoms with Gasteiger partial charge in [0.1, 0.15) is 0 Å².